The molecule has 0 bridgehead atoms. The molecule has 108 valence electrons. The maximum Gasteiger partial charge on any atom is 0.140 e. The monoisotopic (exact) mass is 296 g/mol. The fourth-order valence-electron chi connectivity index (χ4n) is 2.02. The van der Waals surface area contributed by atoms with Crippen LogP contribution in [-0.4, -0.2) is 0 Å². The molecule has 0 atom stereocenters. The maximum absolute atomic E-state index is 14.1. The molecule has 23 heavy (non-hydrogen) atoms. The van der Waals surface area contributed by atoms with Crippen molar-refractivity contribution in [1.29, 1.82) is 0 Å². The van der Waals surface area contributed by atoms with Crippen molar-refractivity contribution in [3.8, 4) is 23.7 Å². The SMILES string of the molecule is Fc1cc(C#Cc2ccccc2)ccc1C#Cc1ccccc1. The standard InChI is InChI=1S/C22H13F/c23-22-17-20(12-11-18-7-3-1-4-8-18)14-16-21(22)15-13-19-9-5-2-6-10-19/h1-10,14,16-17H. The van der Waals surface area contributed by atoms with Crippen molar-refractivity contribution in [3.63, 3.8) is 0 Å². The normalized spacial score (nSPS) is 9.26. The lowest BCUT2D eigenvalue weighted by Crippen LogP contribution is -1.86. The zero-order valence-electron chi connectivity index (χ0n) is 12.4. The van der Waals surface area contributed by atoms with Gasteiger partial charge in [-0.25, -0.2) is 4.39 Å². The van der Waals surface area contributed by atoms with E-state index in [4.69, 9.17) is 0 Å². The molecule has 3 aromatic rings. The van der Waals surface area contributed by atoms with Crippen molar-refractivity contribution >= 4 is 0 Å². The van der Waals surface area contributed by atoms with Gasteiger partial charge in [-0.2, -0.15) is 0 Å². The average Bonchev–Trinajstić information content (AvgIpc) is 2.61. The zero-order valence-corrected chi connectivity index (χ0v) is 12.4. The highest BCUT2D eigenvalue weighted by atomic mass is 19.1. The van der Waals surface area contributed by atoms with Gasteiger partial charge in [-0.1, -0.05) is 60.1 Å². The quantitative estimate of drug-likeness (QED) is 0.531. The molecule has 1 heteroatoms. The molecule has 0 spiro atoms. The van der Waals surface area contributed by atoms with E-state index in [0.717, 1.165) is 11.1 Å². The molecule has 3 aromatic carbocycles. The minimum atomic E-state index is -0.353. The van der Waals surface area contributed by atoms with Crippen LogP contribution in [0.5, 0.6) is 0 Å². The number of benzene rings is 3. The lowest BCUT2D eigenvalue weighted by atomic mass is 10.1. The van der Waals surface area contributed by atoms with Crippen LogP contribution >= 0.6 is 0 Å². The van der Waals surface area contributed by atoms with Crippen LogP contribution in [-0.2, 0) is 0 Å². The summed E-state index contributed by atoms with van der Waals surface area (Å²) in [4.78, 5) is 0. The van der Waals surface area contributed by atoms with Gasteiger partial charge in [-0.3, -0.25) is 0 Å². The van der Waals surface area contributed by atoms with E-state index < -0.39 is 0 Å². The lowest BCUT2D eigenvalue weighted by Gasteiger charge is -1.96. The molecule has 0 fully saturated rings. The summed E-state index contributed by atoms with van der Waals surface area (Å²) in [5.74, 6) is 11.4. The summed E-state index contributed by atoms with van der Waals surface area (Å²) in [5.41, 5.74) is 2.77. The van der Waals surface area contributed by atoms with E-state index in [1.165, 1.54) is 6.07 Å². The first-order valence-corrected chi connectivity index (χ1v) is 7.25. The highest BCUT2D eigenvalue weighted by molar-refractivity contribution is 5.48. The summed E-state index contributed by atoms with van der Waals surface area (Å²) in [6.07, 6.45) is 0. The van der Waals surface area contributed by atoms with Crippen molar-refractivity contribution in [2.24, 2.45) is 0 Å². The maximum atomic E-state index is 14.1. The second kappa shape index (κ2) is 7.12. The van der Waals surface area contributed by atoms with E-state index in [9.17, 15) is 4.39 Å². The number of hydrogen-bond donors (Lipinski definition) is 0. The summed E-state index contributed by atoms with van der Waals surface area (Å²) < 4.78 is 14.1. The van der Waals surface area contributed by atoms with Gasteiger partial charge < -0.3 is 0 Å². The average molecular weight is 296 g/mol. The highest BCUT2D eigenvalue weighted by Gasteiger charge is 1.99. The van der Waals surface area contributed by atoms with Gasteiger partial charge in [0.25, 0.3) is 0 Å². The molecule has 0 aliphatic carbocycles. The molecule has 0 unspecified atom stereocenters. The Morgan fingerprint density at radius 3 is 1.61 bits per heavy atom. The number of rotatable bonds is 0. The second-order valence-electron chi connectivity index (χ2n) is 4.93. The van der Waals surface area contributed by atoms with Gasteiger partial charge in [0.2, 0.25) is 0 Å². The third-order valence-corrected chi connectivity index (χ3v) is 3.21. The van der Waals surface area contributed by atoms with Crippen LogP contribution in [0.1, 0.15) is 22.3 Å². The highest BCUT2D eigenvalue weighted by Crippen LogP contribution is 2.09. The first-order chi connectivity index (χ1) is 11.3. The number of halogens is 1. The van der Waals surface area contributed by atoms with Crippen molar-refractivity contribution in [3.05, 3.63) is 107 Å². The summed E-state index contributed by atoms with van der Waals surface area (Å²) in [7, 11) is 0. The Labute approximate surface area is 135 Å². The molecule has 0 nitrogen and oxygen atoms in total. The summed E-state index contributed by atoms with van der Waals surface area (Å²) in [6, 6.07) is 24.0. The van der Waals surface area contributed by atoms with E-state index in [1.54, 1.807) is 12.1 Å². The Hall–Kier alpha value is -3.29. The minimum absolute atomic E-state index is 0.353. The summed E-state index contributed by atoms with van der Waals surface area (Å²) >= 11 is 0. The summed E-state index contributed by atoms with van der Waals surface area (Å²) in [6.45, 7) is 0. The Bertz CT molecular complexity index is 918. The lowest BCUT2D eigenvalue weighted by molar-refractivity contribution is 0.624. The van der Waals surface area contributed by atoms with Crippen molar-refractivity contribution in [2.75, 3.05) is 0 Å². The molecular formula is C22H13F. The van der Waals surface area contributed by atoms with Gasteiger partial charge in [-0.05, 0) is 42.5 Å². The topological polar surface area (TPSA) is 0 Å². The zero-order chi connectivity index (χ0) is 15.9. The van der Waals surface area contributed by atoms with Crippen molar-refractivity contribution < 1.29 is 4.39 Å². The van der Waals surface area contributed by atoms with Crippen LogP contribution in [0.4, 0.5) is 4.39 Å². The van der Waals surface area contributed by atoms with Gasteiger partial charge in [0, 0.05) is 16.7 Å². The molecule has 0 N–H and O–H groups in total. The van der Waals surface area contributed by atoms with Crippen LogP contribution in [0.3, 0.4) is 0 Å². The van der Waals surface area contributed by atoms with Crippen LogP contribution in [0.15, 0.2) is 78.9 Å². The molecular weight excluding hydrogens is 283 g/mol. The molecule has 0 heterocycles. The van der Waals surface area contributed by atoms with Gasteiger partial charge >= 0.3 is 0 Å². The minimum Gasteiger partial charge on any atom is -0.206 e. The molecule has 0 radical (unpaired) electrons. The Morgan fingerprint density at radius 2 is 1.04 bits per heavy atom. The summed E-state index contributed by atoms with van der Waals surface area (Å²) in [5, 5.41) is 0. The van der Waals surface area contributed by atoms with Gasteiger partial charge in [0.15, 0.2) is 0 Å². The third kappa shape index (κ3) is 4.10. The smallest absolute Gasteiger partial charge is 0.140 e. The Kier molecular flexibility index (Phi) is 4.53. The van der Waals surface area contributed by atoms with E-state index >= 15 is 0 Å². The largest absolute Gasteiger partial charge is 0.206 e. The Balaban J connectivity index is 1.82. The third-order valence-electron chi connectivity index (χ3n) is 3.21. The van der Waals surface area contributed by atoms with Crippen LogP contribution in [0.2, 0.25) is 0 Å². The fraction of sp³-hybridized carbons (Fsp3) is 0. The van der Waals surface area contributed by atoms with Crippen LogP contribution < -0.4 is 0 Å². The van der Waals surface area contributed by atoms with E-state index in [0.29, 0.717) is 11.1 Å². The molecule has 0 saturated heterocycles. The van der Waals surface area contributed by atoms with Crippen LogP contribution in [0.25, 0.3) is 0 Å². The number of hydrogen-bond acceptors (Lipinski definition) is 0. The van der Waals surface area contributed by atoms with Gasteiger partial charge in [0.05, 0.1) is 5.56 Å². The van der Waals surface area contributed by atoms with Crippen molar-refractivity contribution in [2.45, 2.75) is 0 Å². The first-order valence-electron chi connectivity index (χ1n) is 7.25. The van der Waals surface area contributed by atoms with Gasteiger partial charge in [0.1, 0.15) is 5.82 Å². The van der Waals surface area contributed by atoms with E-state index in [2.05, 4.69) is 23.7 Å². The van der Waals surface area contributed by atoms with Crippen molar-refractivity contribution in [1.82, 2.24) is 0 Å². The fourth-order valence-corrected chi connectivity index (χ4v) is 2.02. The first kappa shape index (κ1) is 14.6. The van der Waals surface area contributed by atoms with Crippen LogP contribution in [0, 0.1) is 29.5 Å². The molecule has 0 amide bonds. The predicted octanol–water partition coefficient (Wildman–Crippen LogP) is 4.63. The van der Waals surface area contributed by atoms with E-state index in [1.807, 2.05) is 60.7 Å². The molecule has 0 saturated carbocycles. The Morgan fingerprint density at radius 1 is 0.522 bits per heavy atom. The molecule has 0 aliphatic heterocycles. The second-order valence-corrected chi connectivity index (χ2v) is 4.93. The molecule has 0 aliphatic rings. The van der Waals surface area contributed by atoms with E-state index in [-0.39, 0.29) is 5.82 Å². The molecule has 0 aromatic heterocycles. The van der Waals surface area contributed by atoms with Gasteiger partial charge in [-0.15, -0.1) is 0 Å². The predicted molar refractivity (Wildman–Crippen MR) is 91.2 cm³/mol. The molecule has 3 rings (SSSR count).